The van der Waals surface area contributed by atoms with Crippen LogP contribution in [0.15, 0.2) is 192 Å². The molecule has 0 radical (unpaired) electrons. The summed E-state index contributed by atoms with van der Waals surface area (Å²) in [6.45, 7) is 27.3. The molecular weight excluding hydrogens is 677 g/mol. The summed E-state index contributed by atoms with van der Waals surface area (Å²) in [6, 6.07) is 34.5. The summed E-state index contributed by atoms with van der Waals surface area (Å²) in [5, 5.41) is 0. The number of hydrogen-bond donors (Lipinski definition) is 2. The molecule has 0 saturated heterocycles. The minimum atomic E-state index is -0.00296. The van der Waals surface area contributed by atoms with Crippen molar-refractivity contribution in [2.45, 2.75) is 85.5 Å². The van der Waals surface area contributed by atoms with Gasteiger partial charge in [0.2, 0.25) is 0 Å². The van der Waals surface area contributed by atoms with Gasteiger partial charge in [-0.3, -0.25) is 0 Å². The molecule has 0 fully saturated rings. The van der Waals surface area contributed by atoms with E-state index in [0.717, 1.165) is 28.9 Å². The normalized spacial score (nSPS) is 27.2. The van der Waals surface area contributed by atoms with Gasteiger partial charge in [-0.1, -0.05) is 180 Å². The number of benzene rings is 4. The summed E-state index contributed by atoms with van der Waals surface area (Å²) in [5.74, 6) is 0.534. The Bertz CT molecular complexity index is 2180. The maximum Gasteiger partial charge on any atom is 0.0314 e. The fourth-order valence-corrected chi connectivity index (χ4v) is 8.29. The van der Waals surface area contributed by atoms with Gasteiger partial charge in [-0.2, -0.15) is 0 Å². The van der Waals surface area contributed by atoms with Crippen LogP contribution >= 0.6 is 0 Å². The molecule has 4 N–H and O–H groups in total. The molecule has 5 rings (SSSR count). The fourth-order valence-electron chi connectivity index (χ4n) is 8.29. The number of hydrogen-bond acceptors (Lipinski definition) is 2. The van der Waals surface area contributed by atoms with Gasteiger partial charge in [-0.05, 0) is 113 Å². The Morgan fingerprint density at radius 3 is 1.38 bits per heavy atom. The number of allylic oxidation sites excluding steroid dienone is 14. The first-order valence-electron chi connectivity index (χ1n) is 20.0. The van der Waals surface area contributed by atoms with Crippen LogP contribution in [0.2, 0.25) is 0 Å². The van der Waals surface area contributed by atoms with Crippen LogP contribution in [0.1, 0.15) is 105 Å². The standard InChI is InChI=1S/C54H62N2/c1-35-11-23-45(24-12-35)51-37(3)15-19-41(7)53(47-27-31-49(55)32-28-47)43(9)21-17-39(5)52(46-25-13-36(2)14-26-46)40(6)18-22-44(10)54(42(8)20-16-38(51)4)48-29-33-50(56)34-30-48/h11-21,23-34,37,51-54H,7,10,22,55-56H2,1-6,8-9H3/b19-15-,38-16+,39-17+,40-18+,42-20+,43-21+. The van der Waals surface area contributed by atoms with E-state index in [-0.39, 0.29) is 29.6 Å². The smallest absolute Gasteiger partial charge is 0.0314 e. The van der Waals surface area contributed by atoms with Crippen LogP contribution in [-0.4, -0.2) is 0 Å². The molecule has 0 bridgehead atoms. The molecule has 4 aromatic rings. The van der Waals surface area contributed by atoms with Crippen molar-refractivity contribution >= 4 is 11.4 Å². The number of rotatable bonds is 4. The summed E-state index contributed by atoms with van der Waals surface area (Å²) >= 11 is 0. The van der Waals surface area contributed by atoms with E-state index in [1.54, 1.807) is 0 Å². The van der Waals surface area contributed by atoms with Gasteiger partial charge in [-0.15, -0.1) is 0 Å². The highest BCUT2D eigenvalue weighted by atomic mass is 14.5. The third-order valence-electron chi connectivity index (χ3n) is 11.5. The fraction of sp³-hybridized carbons (Fsp3) is 0.259. The van der Waals surface area contributed by atoms with E-state index in [1.807, 2.05) is 24.3 Å². The maximum atomic E-state index is 6.17. The summed E-state index contributed by atoms with van der Waals surface area (Å²) in [6.07, 6.45) is 17.0. The Balaban J connectivity index is 1.70. The van der Waals surface area contributed by atoms with Crippen LogP contribution in [0.3, 0.4) is 0 Å². The lowest BCUT2D eigenvalue weighted by Crippen LogP contribution is -2.10. The lowest BCUT2D eigenvalue weighted by atomic mass is 9.79. The van der Waals surface area contributed by atoms with Gasteiger partial charge >= 0.3 is 0 Å². The second-order valence-electron chi connectivity index (χ2n) is 16.2. The van der Waals surface area contributed by atoms with Crippen LogP contribution in [0.4, 0.5) is 11.4 Å². The molecule has 1 aliphatic carbocycles. The molecule has 1 aliphatic rings. The molecule has 5 atom stereocenters. The average Bonchev–Trinajstić information content (AvgIpc) is 3.17. The zero-order valence-corrected chi connectivity index (χ0v) is 34.9. The predicted molar refractivity (Wildman–Crippen MR) is 245 cm³/mol. The van der Waals surface area contributed by atoms with E-state index >= 15 is 0 Å². The van der Waals surface area contributed by atoms with Crippen molar-refractivity contribution in [3.63, 3.8) is 0 Å². The number of nitrogens with two attached hydrogens (primary N) is 2. The van der Waals surface area contributed by atoms with Crippen molar-refractivity contribution < 1.29 is 0 Å². The molecule has 288 valence electrons. The zero-order valence-electron chi connectivity index (χ0n) is 34.9. The zero-order chi connectivity index (χ0) is 40.5. The highest BCUT2D eigenvalue weighted by Crippen LogP contribution is 2.39. The van der Waals surface area contributed by atoms with Gasteiger partial charge in [0, 0.05) is 35.0 Å². The van der Waals surface area contributed by atoms with Crippen LogP contribution in [0.5, 0.6) is 0 Å². The van der Waals surface area contributed by atoms with Gasteiger partial charge in [0.05, 0.1) is 0 Å². The highest BCUT2D eigenvalue weighted by molar-refractivity contribution is 5.50. The Morgan fingerprint density at radius 1 is 0.464 bits per heavy atom. The van der Waals surface area contributed by atoms with Gasteiger partial charge < -0.3 is 11.5 Å². The minimum absolute atomic E-state index is 0.00296. The molecule has 0 amide bonds. The molecular formula is C54H62N2. The van der Waals surface area contributed by atoms with Gasteiger partial charge in [0.15, 0.2) is 0 Å². The van der Waals surface area contributed by atoms with E-state index in [2.05, 4.69) is 171 Å². The molecule has 5 unspecified atom stereocenters. The van der Waals surface area contributed by atoms with Crippen LogP contribution < -0.4 is 11.5 Å². The van der Waals surface area contributed by atoms with E-state index in [4.69, 9.17) is 24.6 Å². The van der Waals surface area contributed by atoms with Crippen LogP contribution in [0, 0.1) is 19.8 Å². The van der Waals surface area contributed by atoms with Gasteiger partial charge in [0.1, 0.15) is 0 Å². The second kappa shape index (κ2) is 18.8. The topological polar surface area (TPSA) is 52.0 Å². The van der Waals surface area contributed by atoms with Crippen LogP contribution in [-0.2, 0) is 0 Å². The number of aryl methyl sites for hydroxylation is 2. The Hall–Kier alpha value is -5.60. The lowest BCUT2D eigenvalue weighted by molar-refractivity contribution is 0.612. The van der Waals surface area contributed by atoms with Crippen molar-refractivity contribution in [3.05, 3.63) is 225 Å². The minimum Gasteiger partial charge on any atom is -0.399 e. The van der Waals surface area contributed by atoms with Crippen molar-refractivity contribution in [1.29, 1.82) is 0 Å². The molecule has 0 aliphatic heterocycles. The first kappa shape index (κ1) is 41.6. The van der Waals surface area contributed by atoms with E-state index < -0.39 is 0 Å². The van der Waals surface area contributed by atoms with Crippen molar-refractivity contribution in [3.8, 4) is 0 Å². The SMILES string of the molecule is C=C1/C=C\C(C)C(c2ccc(C)cc2)/C(C)=C/C=C(\C)C(c2ccc(N)cc2)C(=C)C/C=C(\C)C(c2ccc(C)cc2)/C(C)=C/C=C(\C)C1c1ccc(N)cc1. The summed E-state index contributed by atoms with van der Waals surface area (Å²) in [4.78, 5) is 0. The van der Waals surface area contributed by atoms with Gasteiger partial charge in [-0.25, -0.2) is 0 Å². The van der Waals surface area contributed by atoms with Crippen molar-refractivity contribution in [2.75, 3.05) is 11.5 Å². The molecule has 0 aromatic heterocycles. The maximum absolute atomic E-state index is 6.17. The van der Waals surface area contributed by atoms with Gasteiger partial charge in [0.25, 0.3) is 0 Å². The first-order valence-corrected chi connectivity index (χ1v) is 20.0. The molecule has 0 saturated carbocycles. The molecule has 0 spiro atoms. The second-order valence-corrected chi connectivity index (χ2v) is 16.2. The number of anilines is 2. The molecule has 0 heterocycles. The quantitative estimate of drug-likeness (QED) is 0.162. The Morgan fingerprint density at radius 2 is 0.857 bits per heavy atom. The predicted octanol–water partition coefficient (Wildman–Crippen LogP) is 14.3. The molecule has 56 heavy (non-hydrogen) atoms. The highest BCUT2D eigenvalue weighted by Gasteiger charge is 2.23. The summed E-state index contributed by atoms with van der Waals surface area (Å²) < 4.78 is 0. The number of nitrogen functional groups attached to an aromatic ring is 2. The average molecular weight is 739 g/mol. The largest absolute Gasteiger partial charge is 0.399 e. The molecule has 2 heteroatoms. The van der Waals surface area contributed by atoms with E-state index in [1.165, 1.54) is 61.2 Å². The summed E-state index contributed by atoms with van der Waals surface area (Å²) in [7, 11) is 0. The summed E-state index contributed by atoms with van der Waals surface area (Å²) in [5.41, 5.74) is 29.9. The van der Waals surface area contributed by atoms with E-state index in [9.17, 15) is 0 Å². The first-order chi connectivity index (χ1) is 26.7. The van der Waals surface area contributed by atoms with Crippen LogP contribution in [0.25, 0.3) is 0 Å². The third kappa shape index (κ3) is 10.4. The van der Waals surface area contributed by atoms with Crippen molar-refractivity contribution in [2.24, 2.45) is 5.92 Å². The third-order valence-corrected chi connectivity index (χ3v) is 11.5. The lowest BCUT2D eigenvalue weighted by Gasteiger charge is -2.25. The Labute approximate surface area is 338 Å². The Kier molecular flexibility index (Phi) is 14.0. The van der Waals surface area contributed by atoms with Crippen molar-refractivity contribution in [1.82, 2.24) is 0 Å². The molecule has 4 aromatic carbocycles. The molecule has 2 nitrogen and oxygen atoms in total. The van der Waals surface area contributed by atoms with E-state index in [0.29, 0.717) is 0 Å². The monoisotopic (exact) mass is 738 g/mol.